The molecule has 0 aliphatic carbocycles. The summed E-state index contributed by atoms with van der Waals surface area (Å²) in [7, 11) is 0. The van der Waals surface area contributed by atoms with Crippen LogP contribution in [0.4, 0.5) is 8.78 Å². The number of nitrogens with one attached hydrogen (secondary N) is 1. The van der Waals surface area contributed by atoms with E-state index in [1.54, 1.807) is 0 Å². The van der Waals surface area contributed by atoms with Crippen molar-refractivity contribution in [2.24, 2.45) is 5.73 Å². The molecule has 0 heterocycles. The molecule has 0 fully saturated rings. The fourth-order valence-corrected chi connectivity index (χ4v) is 1.49. The van der Waals surface area contributed by atoms with E-state index in [-0.39, 0.29) is 12.8 Å². The van der Waals surface area contributed by atoms with Gasteiger partial charge in [0.25, 0.3) is 5.91 Å². The zero-order valence-electron chi connectivity index (χ0n) is 10.2. The smallest absolute Gasteiger partial charge is 0.326 e. The predicted molar refractivity (Wildman–Crippen MR) is 63.7 cm³/mol. The number of hydrogen-bond donors (Lipinski definition) is 3. The highest BCUT2D eigenvalue weighted by atomic mass is 19.1. The monoisotopic (exact) mass is 286 g/mol. The summed E-state index contributed by atoms with van der Waals surface area (Å²) in [5, 5.41) is 10.8. The average molecular weight is 286 g/mol. The number of carbonyl (C=O) groups is 3. The van der Waals surface area contributed by atoms with Crippen LogP contribution in [0.5, 0.6) is 0 Å². The van der Waals surface area contributed by atoms with Crippen molar-refractivity contribution in [3.8, 4) is 0 Å². The maximum atomic E-state index is 13.3. The molecule has 0 radical (unpaired) electrons. The van der Waals surface area contributed by atoms with Gasteiger partial charge in [-0.2, -0.15) is 0 Å². The molecule has 0 unspecified atom stereocenters. The number of aliphatic carboxylic acids is 1. The van der Waals surface area contributed by atoms with Gasteiger partial charge in [-0.25, -0.2) is 13.6 Å². The molecule has 6 nitrogen and oxygen atoms in total. The summed E-state index contributed by atoms with van der Waals surface area (Å²) in [6.45, 7) is 0. The fourth-order valence-electron chi connectivity index (χ4n) is 1.49. The van der Waals surface area contributed by atoms with Crippen LogP contribution in [-0.4, -0.2) is 28.9 Å². The fraction of sp³-hybridized carbons (Fsp3) is 0.250. The van der Waals surface area contributed by atoms with E-state index in [0.29, 0.717) is 0 Å². The van der Waals surface area contributed by atoms with Crippen LogP contribution < -0.4 is 11.1 Å². The number of nitrogens with two attached hydrogens (primary N) is 1. The first-order valence-corrected chi connectivity index (χ1v) is 5.59. The lowest BCUT2D eigenvalue weighted by Crippen LogP contribution is -2.42. The number of primary amides is 1. The maximum absolute atomic E-state index is 13.3. The molecule has 2 amide bonds. The minimum Gasteiger partial charge on any atom is -0.480 e. The van der Waals surface area contributed by atoms with Crippen LogP contribution in [0.3, 0.4) is 0 Å². The molecule has 1 aromatic rings. The SMILES string of the molecule is NC(=O)CC[C@@H](NC(=O)c1c(F)cccc1F)C(=O)O. The lowest BCUT2D eigenvalue weighted by atomic mass is 10.1. The molecule has 8 heteroatoms. The summed E-state index contributed by atoms with van der Waals surface area (Å²) in [4.78, 5) is 33.2. The molecule has 1 rings (SSSR count). The Balaban J connectivity index is 2.86. The maximum Gasteiger partial charge on any atom is 0.326 e. The molecule has 0 saturated carbocycles. The van der Waals surface area contributed by atoms with Gasteiger partial charge in [0.05, 0.1) is 0 Å². The normalized spacial score (nSPS) is 11.7. The minimum absolute atomic E-state index is 0.271. The van der Waals surface area contributed by atoms with Crippen molar-refractivity contribution in [3.63, 3.8) is 0 Å². The molecule has 0 aromatic heterocycles. The highest BCUT2D eigenvalue weighted by molar-refractivity contribution is 5.97. The highest BCUT2D eigenvalue weighted by Gasteiger charge is 2.24. The van der Waals surface area contributed by atoms with Crippen LogP contribution in [0.1, 0.15) is 23.2 Å². The van der Waals surface area contributed by atoms with E-state index in [9.17, 15) is 23.2 Å². The van der Waals surface area contributed by atoms with Crippen LogP contribution in [0.2, 0.25) is 0 Å². The minimum atomic E-state index is -1.46. The van der Waals surface area contributed by atoms with E-state index in [2.05, 4.69) is 0 Å². The number of carboxylic acid groups (broad SMARTS) is 1. The summed E-state index contributed by atoms with van der Waals surface area (Å²) >= 11 is 0. The average Bonchev–Trinajstić information content (AvgIpc) is 2.33. The molecule has 0 saturated heterocycles. The zero-order valence-corrected chi connectivity index (χ0v) is 10.2. The summed E-state index contributed by atoms with van der Waals surface area (Å²) < 4.78 is 26.7. The van der Waals surface area contributed by atoms with E-state index in [4.69, 9.17) is 10.8 Å². The van der Waals surface area contributed by atoms with Crippen molar-refractivity contribution in [1.82, 2.24) is 5.32 Å². The molecule has 1 aromatic carbocycles. The molecule has 0 aliphatic heterocycles. The first-order chi connectivity index (χ1) is 9.32. The van der Waals surface area contributed by atoms with Crippen molar-refractivity contribution in [3.05, 3.63) is 35.4 Å². The molecule has 4 N–H and O–H groups in total. The predicted octanol–water partition coefficient (Wildman–Crippen LogP) is 0.413. The van der Waals surface area contributed by atoms with Crippen molar-refractivity contribution in [2.75, 3.05) is 0 Å². The Kier molecular flexibility index (Phi) is 5.13. The second-order valence-electron chi connectivity index (χ2n) is 3.97. The van der Waals surface area contributed by atoms with Crippen LogP contribution in [0.25, 0.3) is 0 Å². The number of hydrogen-bond acceptors (Lipinski definition) is 3. The topological polar surface area (TPSA) is 109 Å². The molecular weight excluding hydrogens is 274 g/mol. The third-order valence-corrected chi connectivity index (χ3v) is 2.47. The van der Waals surface area contributed by atoms with Gasteiger partial charge in [-0.3, -0.25) is 9.59 Å². The van der Waals surface area contributed by atoms with Crippen LogP contribution >= 0.6 is 0 Å². The zero-order chi connectivity index (χ0) is 15.3. The summed E-state index contributed by atoms with van der Waals surface area (Å²) in [6.07, 6.45) is -0.552. The van der Waals surface area contributed by atoms with E-state index in [1.165, 1.54) is 0 Å². The number of amides is 2. The van der Waals surface area contributed by atoms with Gasteiger partial charge < -0.3 is 16.2 Å². The molecule has 108 valence electrons. The number of carbonyl (C=O) groups excluding carboxylic acids is 2. The summed E-state index contributed by atoms with van der Waals surface area (Å²) in [6, 6.07) is 1.35. The van der Waals surface area contributed by atoms with Crippen LogP contribution in [-0.2, 0) is 9.59 Å². The molecule has 1 atom stereocenters. The Labute approximate surface area is 112 Å². The largest absolute Gasteiger partial charge is 0.480 e. The summed E-state index contributed by atoms with van der Waals surface area (Å²) in [5.41, 5.74) is 3.99. The van der Waals surface area contributed by atoms with E-state index in [1.807, 2.05) is 5.32 Å². The number of carboxylic acids is 1. The van der Waals surface area contributed by atoms with E-state index >= 15 is 0 Å². The Hall–Kier alpha value is -2.51. The second-order valence-corrected chi connectivity index (χ2v) is 3.97. The second kappa shape index (κ2) is 6.60. The van der Waals surface area contributed by atoms with E-state index in [0.717, 1.165) is 18.2 Å². The Morgan fingerprint density at radius 3 is 2.25 bits per heavy atom. The Morgan fingerprint density at radius 2 is 1.80 bits per heavy atom. The third kappa shape index (κ3) is 4.01. The first kappa shape index (κ1) is 15.5. The van der Waals surface area contributed by atoms with Crippen molar-refractivity contribution in [1.29, 1.82) is 0 Å². The lowest BCUT2D eigenvalue weighted by Gasteiger charge is -2.14. The molecular formula is C12H12F2N2O4. The van der Waals surface area contributed by atoms with Gasteiger partial charge in [-0.05, 0) is 18.6 Å². The highest BCUT2D eigenvalue weighted by Crippen LogP contribution is 2.12. The van der Waals surface area contributed by atoms with Gasteiger partial charge in [0, 0.05) is 6.42 Å². The van der Waals surface area contributed by atoms with Crippen molar-refractivity contribution >= 4 is 17.8 Å². The molecule has 0 spiro atoms. The van der Waals surface area contributed by atoms with Gasteiger partial charge in [-0.1, -0.05) is 6.07 Å². The van der Waals surface area contributed by atoms with Crippen molar-refractivity contribution in [2.45, 2.75) is 18.9 Å². The third-order valence-electron chi connectivity index (χ3n) is 2.47. The van der Waals surface area contributed by atoms with Crippen LogP contribution in [0, 0.1) is 11.6 Å². The lowest BCUT2D eigenvalue weighted by molar-refractivity contribution is -0.139. The van der Waals surface area contributed by atoms with Gasteiger partial charge in [-0.15, -0.1) is 0 Å². The molecule has 20 heavy (non-hydrogen) atoms. The number of halogens is 2. The quantitative estimate of drug-likeness (QED) is 0.703. The number of rotatable bonds is 6. The first-order valence-electron chi connectivity index (χ1n) is 5.59. The van der Waals surface area contributed by atoms with E-state index < -0.39 is 41.0 Å². The molecule has 0 aliphatic rings. The molecule has 0 bridgehead atoms. The van der Waals surface area contributed by atoms with Crippen molar-refractivity contribution < 1.29 is 28.3 Å². The standard InChI is InChI=1S/C12H12F2N2O4/c13-6-2-1-3-7(14)10(6)11(18)16-8(12(19)20)4-5-9(15)17/h1-3,8H,4-5H2,(H2,15,17)(H,16,18)(H,19,20)/t8-/m1/s1. The number of benzene rings is 1. The van der Waals surface area contributed by atoms with Gasteiger partial charge in [0.1, 0.15) is 23.2 Å². The Bertz CT molecular complexity index is 528. The van der Waals surface area contributed by atoms with Gasteiger partial charge in [0.15, 0.2) is 0 Å². The van der Waals surface area contributed by atoms with Crippen LogP contribution in [0.15, 0.2) is 18.2 Å². The van der Waals surface area contributed by atoms with Gasteiger partial charge in [0.2, 0.25) is 5.91 Å². The van der Waals surface area contributed by atoms with Gasteiger partial charge >= 0.3 is 5.97 Å². The Morgan fingerprint density at radius 1 is 1.25 bits per heavy atom. The summed E-state index contributed by atoms with van der Waals surface area (Å²) in [5.74, 6) is -5.61.